The number of rotatable bonds is 3. The highest BCUT2D eigenvalue weighted by Crippen LogP contribution is 2.19. The van der Waals surface area contributed by atoms with Crippen LogP contribution in [0.3, 0.4) is 0 Å². The van der Waals surface area contributed by atoms with Crippen molar-refractivity contribution in [2.75, 3.05) is 5.43 Å². The van der Waals surface area contributed by atoms with Crippen LogP contribution in [0.5, 0.6) is 0 Å². The largest absolute Gasteiger partial charge is 0.308 e. The molecule has 2 rings (SSSR count). The molecule has 2 aromatic rings. The highest BCUT2D eigenvalue weighted by atomic mass is 35.5. The van der Waals surface area contributed by atoms with Gasteiger partial charge in [0.05, 0.1) is 28.6 Å². The van der Waals surface area contributed by atoms with Gasteiger partial charge in [-0.3, -0.25) is 4.68 Å². The van der Waals surface area contributed by atoms with E-state index in [2.05, 4.69) is 15.5 Å². The summed E-state index contributed by atoms with van der Waals surface area (Å²) >= 11 is 6.09. The van der Waals surface area contributed by atoms with Gasteiger partial charge in [0.2, 0.25) is 0 Å². The standard InChI is InChI=1S/C11H14ClN5/c1-7-11(12)8(2)17(16-7)6-9-4-3-5-10(14-9)15-13/h3-5H,6,13H2,1-2H3,(H,14,15). The third-order valence-corrected chi connectivity index (χ3v) is 3.11. The van der Waals surface area contributed by atoms with Crippen LogP contribution in [-0.4, -0.2) is 14.8 Å². The third-order valence-electron chi connectivity index (χ3n) is 2.56. The second-order valence-electron chi connectivity index (χ2n) is 3.80. The van der Waals surface area contributed by atoms with E-state index in [0.717, 1.165) is 17.1 Å². The Morgan fingerprint density at radius 2 is 2.18 bits per heavy atom. The van der Waals surface area contributed by atoms with Crippen molar-refractivity contribution in [3.05, 3.63) is 40.3 Å². The van der Waals surface area contributed by atoms with Crippen molar-refractivity contribution >= 4 is 17.4 Å². The Hall–Kier alpha value is -1.59. The summed E-state index contributed by atoms with van der Waals surface area (Å²) in [6, 6.07) is 5.62. The Labute approximate surface area is 105 Å². The van der Waals surface area contributed by atoms with E-state index >= 15 is 0 Å². The maximum Gasteiger partial charge on any atom is 0.140 e. The van der Waals surface area contributed by atoms with Gasteiger partial charge in [0, 0.05) is 0 Å². The number of nitrogens with one attached hydrogen (secondary N) is 1. The molecule has 0 aliphatic carbocycles. The number of nitrogen functional groups attached to an aromatic ring is 1. The SMILES string of the molecule is Cc1nn(Cc2cccc(NN)n2)c(C)c1Cl. The molecule has 0 saturated heterocycles. The van der Waals surface area contributed by atoms with Crippen LogP contribution < -0.4 is 11.3 Å². The average molecular weight is 252 g/mol. The fourth-order valence-electron chi connectivity index (χ4n) is 1.63. The lowest BCUT2D eigenvalue weighted by atomic mass is 10.3. The number of hydrogen-bond acceptors (Lipinski definition) is 4. The summed E-state index contributed by atoms with van der Waals surface area (Å²) in [5.74, 6) is 5.95. The molecule has 0 bridgehead atoms. The van der Waals surface area contributed by atoms with Gasteiger partial charge in [-0.15, -0.1) is 0 Å². The zero-order chi connectivity index (χ0) is 12.4. The van der Waals surface area contributed by atoms with E-state index < -0.39 is 0 Å². The molecule has 5 nitrogen and oxygen atoms in total. The number of pyridine rings is 1. The quantitative estimate of drug-likeness (QED) is 0.646. The second kappa shape index (κ2) is 4.73. The molecule has 3 N–H and O–H groups in total. The number of nitrogens with two attached hydrogens (primary N) is 1. The Bertz CT molecular complexity index is 535. The molecule has 0 fully saturated rings. The first-order chi connectivity index (χ1) is 8.11. The maximum atomic E-state index is 6.09. The minimum Gasteiger partial charge on any atom is -0.308 e. The van der Waals surface area contributed by atoms with Crippen LogP contribution in [-0.2, 0) is 6.54 Å². The number of aryl methyl sites for hydroxylation is 1. The van der Waals surface area contributed by atoms with Crippen LogP contribution in [0, 0.1) is 13.8 Å². The van der Waals surface area contributed by atoms with Crippen molar-refractivity contribution in [2.24, 2.45) is 5.84 Å². The minimum atomic E-state index is 0.578. The number of nitrogens with zero attached hydrogens (tertiary/aromatic N) is 3. The molecule has 0 unspecified atom stereocenters. The molecule has 0 atom stereocenters. The van der Waals surface area contributed by atoms with Crippen LogP contribution in [0.2, 0.25) is 5.02 Å². The summed E-state index contributed by atoms with van der Waals surface area (Å²) in [7, 11) is 0. The van der Waals surface area contributed by atoms with E-state index in [4.69, 9.17) is 17.4 Å². The van der Waals surface area contributed by atoms with E-state index in [-0.39, 0.29) is 0 Å². The molecule has 0 aliphatic heterocycles. The van der Waals surface area contributed by atoms with Crippen LogP contribution in [0.4, 0.5) is 5.82 Å². The Morgan fingerprint density at radius 3 is 2.76 bits per heavy atom. The van der Waals surface area contributed by atoms with Crippen molar-refractivity contribution in [1.82, 2.24) is 14.8 Å². The molecule has 0 radical (unpaired) electrons. The van der Waals surface area contributed by atoms with Crippen molar-refractivity contribution in [3.8, 4) is 0 Å². The number of aromatic nitrogens is 3. The lowest BCUT2D eigenvalue weighted by Gasteiger charge is -2.05. The van der Waals surface area contributed by atoms with Gasteiger partial charge in [0.25, 0.3) is 0 Å². The van der Waals surface area contributed by atoms with Crippen molar-refractivity contribution in [2.45, 2.75) is 20.4 Å². The maximum absolute atomic E-state index is 6.09. The van der Waals surface area contributed by atoms with Crippen LogP contribution in [0.15, 0.2) is 18.2 Å². The van der Waals surface area contributed by atoms with Gasteiger partial charge in [-0.1, -0.05) is 17.7 Å². The Balaban J connectivity index is 2.28. The first-order valence-electron chi connectivity index (χ1n) is 5.24. The monoisotopic (exact) mass is 251 g/mol. The fourth-order valence-corrected chi connectivity index (χ4v) is 1.77. The van der Waals surface area contributed by atoms with Crippen molar-refractivity contribution in [3.63, 3.8) is 0 Å². The zero-order valence-corrected chi connectivity index (χ0v) is 10.5. The molecule has 0 amide bonds. The zero-order valence-electron chi connectivity index (χ0n) is 9.74. The molecule has 6 heteroatoms. The van der Waals surface area contributed by atoms with Crippen LogP contribution in [0.25, 0.3) is 0 Å². The van der Waals surface area contributed by atoms with Gasteiger partial charge >= 0.3 is 0 Å². The van der Waals surface area contributed by atoms with Gasteiger partial charge < -0.3 is 5.43 Å². The molecule has 0 aromatic carbocycles. The highest BCUT2D eigenvalue weighted by molar-refractivity contribution is 6.31. The van der Waals surface area contributed by atoms with E-state index in [1.165, 1.54) is 0 Å². The number of hydrazine groups is 1. The fraction of sp³-hybridized carbons (Fsp3) is 0.273. The third kappa shape index (κ3) is 2.40. The van der Waals surface area contributed by atoms with Gasteiger partial charge in [-0.2, -0.15) is 5.10 Å². The summed E-state index contributed by atoms with van der Waals surface area (Å²) in [5, 5.41) is 5.06. The van der Waals surface area contributed by atoms with E-state index in [1.54, 1.807) is 6.07 Å². The normalized spacial score (nSPS) is 10.6. The number of anilines is 1. The number of hydrogen-bond donors (Lipinski definition) is 2. The molecule has 90 valence electrons. The molecule has 0 spiro atoms. The Morgan fingerprint density at radius 1 is 1.41 bits per heavy atom. The van der Waals surface area contributed by atoms with E-state index in [9.17, 15) is 0 Å². The molecule has 0 aliphatic rings. The van der Waals surface area contributed by atoms with Gasteiger partial charge in [-0.05, 0) is 26.0 Å². The molecular weight excluding hydrogens is 238 g/mol. The topological polar surface area (TPSA) is 68.8 Å². The van der Waals surface area contributed by atoms with Crippen LogP contribution in [0.1, 0.15) is 17.1 Å². The van der Waals surface area contributed by atoms with Crippen molar-refractivity contribution < 1.29 is 0 Å². The second-order valence-corrected chi connectivity index (χ2v) is 4.18. The first-order valence-corrected chi connectivity index (χ1v) is 5.61. The summed E-state index contributed by atoms with van der Waals surface area (Å²) < 4.78 is 1.83. The lowest BCUT2D eigenvalue weighted by molar-refractivity contribution is 0.647. The van der Waals surface area contributed by atoms with E-state index in [0.29, 0.717) is 17.4 Å². The summed E-state index contributed by atoms with van der Waals surface area (Å²) in [4.78, 5) is 4.33. The van der Waals surface area contributed by atoms with Gasteiger partial charge in [0.1, 0.15) is 5.82 Å². The van der Waals surface area contributed by atoms with Crippen molar-refractivity contribution in [1.29, 1.82) is 0 Å². The summed E-state index contributed by atoms with van der Waals surface area (Å²) in [5.41, 5.74) is 5.17. The Kier molecular flexibility index (Phi) is 3.31. The minimum absolute atomic E-state index is 0.578. The molecule has 17 heavy (non-hydrogen) atoms. The van der Waals surface area contributed by atoms with Gasteiger partial charge in [0.15, 0.2) is 0 Å². The smallest absolute Gasteiger partial charge is 0.140 e. The van der Waals surface area contributed by atoms with Gasteiger partial charge in [-0.25, -0.2) is 10.8 Å². The highest BCUT2D eigenvalue weighted by Gasteiger charge is 2.09. The molecular formula is C11H14ClN5. The van der Waals surface area contributed by atoms with E-state index in [1.807, 2.05) is 30.7 Å². The molecule has 2 aromatic heterocycles. The molecule has 2 heterocycles. The lowest BCUT2D eigenvalue weighted by Crippen LogP contribution is -2.11. The predicted molar refractivity (Wildman–Crippen MR) is 67.9 cm³/mol. The summed E-state index contributed by atoms with van der Waals surface area (Å²) in [6.07, 6.45) is 0. The average Bonchev–Trinajstić information content (AvgIpc) is 2.57. The summed E-state index contributed by atoms with van der Waals surface area (Å²) in [6.45, 7) is 4.40. The van der Waals surface area contributed by atoms with Crippen LogP contribution >= 0.6 is 11.6 Å². The number of halogens is 1. The molecule has 0 saturated carbocycles. The predicted octanol–water partition coefficient (Wildman–Crippen LogP) is 1.88. The first kappa shape index (κ1) is 11.9.